The Bertz CT molecular complexity index is 414. The Morgan fingerprint density at radius 3 is 2.71 bits per heavy atom. The lowest BCUT2D eigenvalue weighted by molar-refractivity contribution is -0.385. The molecule has 0 fully saturated rings. The second-order valence-corrected chi connectivity index (χ2v) is 2.30. The van der Waals surface area contributed by atoms with Crippen LogP contribution in [0, 0.1) is 21.4 Å². The number of alkyl halides is 2. The lowest BCUT2D eigenvalue weighted by Gasteiger charge is -1.98. The van der Waals surface area contributed by atoms with Crippen LogP contribution in [-0.4, -0.2) is 9.91 Å². The first-order valence-electron chi connectivity index (χ1n) is 3.39. The van der Waals surface area contributed by atoms with Crippen molar-refractivity contribution in [2.45, 2.75) is 6.43 Å². The molecular weight excluding hydrogens is 196 g/mol. The third kappa shape index (κ3) is 1.80. The van der Waals surface area contributed by atoms with E-state index < -0.39 is 22.7 Å². The van der Waals surface area contributed by atoms with Crippen LogP contribution in [0.15, 0.2) is 12.3 Å². The number of halogens is 2. The normalized spacial score (nSPS) is 9.86. The van der Waals surface area contributed by atoms with Crippen LogP contribution in [0.25, 0.3) is 0 Å². The maximum absolute atomic E-state index is 12.1. The minimum atomic E-state index is -2.89. The van der Waals surface area contributed by atoms with Gasteiger partial charge in [0, 0.05) is 6.07 Å². The summed E-state index contributed by atoms with van der Waals surface area (Å²) in [6, 6.07) is 2.09. The van der Waals surface area contributed by atoms with Gasteiger partial charge < -0.3 is 0 Å². The molecule has 0 atom stereocenters. The molecule has 0 bridgehead atoms. The number of hydrogen-bond acceptors (Lipinski definition) is 4. The quantitative estimate of drug-likeness (QED) is 0.537. The fourth-order valence-electron chi connectivity index (χ4n) is 0.817. The average Bonchev–Trinajstić information content (AvgIpc) is 2.16. The van der Waals surface area contributed by atoms with E-state index in [-0.39, 0.29) is 5.56 Å². The predicted octanol–water partition coefficient (Wildman–Crippen LogP) is 1.80. The summed E-state index contributed by atoms with van der Waals surface area (Å²) in [5.41, 5.74) is -1.70. The van der Waals surface area contributed by atoms with Crippen molar-refractivity contribution in [3.63, 3.8) is 0 Å². The lowest BCUT2D eigenvalue weighted by atomic mass is 10.2. The highest BCUT2D eigenvalue weighted by Crippen LogP contribution is 2.23. The first-order valence-corrected chi connectivity index (χ1v) is 3.39. The lowest BCUT2D eigenvalue weighted by Crippen LogP contribution is -1.97. The molecule has 0 radical (unpaired) electrons. The van der Waals surface area contributed by atoms with Gasteiger partial charge in [-0.25, -0.2) is 8.78 Å². The van der Waals surface area contributed by atoms with Crippen molar-refractivity contribution in [2.75, 3.05) is 0 Å². The summed E-state index contributed by atoms with van der Waals surface area (Å²) >= 11 is 0. The summed E-state index contributed by atoms with van der Waals surface area (Å²) in [7, 11) is 0. The zero-order chi connectivity index (χ0) is 10.7. The first kappa shape index (κ1) is 9.98. The number of nitro groups is 1. The molecule has 1 aromatic rings. The molecular formula is C7H3F2N3O2. The van der Waals surface area contributed by atoms with E-state index in [9.17, 15) is 18.9 Å². The van der Waals surface area contributed by atoms with Gasteiger partial charge in [0.25, 0.3) is 12.1 Å². The summed E-state index contributed by atoms with van der Waals surface area (Å²) in [5.74, 6) is 0. The van der Waals surface area contributed by atoms with Gasteiger partial charge in [-0.1, -0.05) is 0 Å². The van der Waals surface area contributed by atoms with E-state index in [1.54, 1.807) is 0 Å². The fourth-order valence-corrected chi connectivity index (χ4v) is 0.817. The molecule has 1 aromatic heterocycles. The Kier molecular flexibility index (Phi) is 2.67. The number of nitrogens with zero attached hydrogens (tertiary/aromatic N) is 3. The molecule has 72 valence electrons. The van der Waals surface area contributed by atoms with Crippen LogP contribution < -0.4 is 0 Å². The molecule has 7 heteroatoms. The Morgan fingerprint density at radius 2 is 2.29 bits per heavy atom. The second kappa shape index (κ2) is 3.74. The van der Waals surface area contributed by atoms with E-state index in [2.05, 4.69) is 4.98 Å². The number of rotatable bonds is 2. The first-order chi connectivity index (χ1) is 6.56. The summed E-state index contributed by atoms with van der Waals surface area (Å²) in [6.07, 6.45) is -2.12. The van der Waals surface area contributed by atoms with Crippen LogP contribution in [0.2, 0.25) is 0 Å². The molecule has 0 aliphatic carbocycles. The molecule has 0 saturated carbocycles. The Hall–Kier alpha value is -2.10. The third-order valence-electron chi connectivity index (χ3n) is 1.44. The monoisotopic (exact) mass is 199 g/mol. The van der Waals surface area contributed by atoms with Crippen molar-refractivity contribution in [3.8, 4) is 6.07 Å². The van der Waals surface area contributed by atoms with E-state index in [0.29, 0.717) is 6.07 Å². The maximum atomic E-state index is 12.1. The highest BCUT2D eigenvalue weighted by Gasteiger charge is 2.19. The number of pyridine rings is 1. The van der Waals surface area contributed by atoms with E-state index in [1.165, 1.54) is 6.07 Å². The minimum absolute atomic E-state index is 0.334. The second-order valence-electron chi connectivity index (χ2n) is 2.30. The number of hydrogen-bond donors (Lipinski definition) is 0. The summed E-state index contributed by atoms with van der Waals surface area (Å²) in [4.78, 5) is 12.7. The Balaban J connectivity index is 3.30. The van der Waals surface area contributed by atoms with Crippen molar-refractivity contribution in [1.29, 1.82) is 5.26 Å². The zero-order valence-corrected chi connectivity index (χ0v) is 6.65. The van der Waals surface area contributed by atoms with Gasteiger partial charge >= 0.3 is 0 Å². The van der Waals surface area contributed by atoms with E-state index >= 15 is 0 Å². The molecule has 1 heterocycles. The molecule has 0 amide bonds. The molecule has 0 spiro atoms. The Labute approximate surface area is 76.8 Å². The average molecular weight is 199 g/mol. The molecule has 1 rings (SSSR count). The Morgan fingerprint density at radius 1 is 1.64 bits per heavy atom. The SMILES string of the molecule is N#Cc1cnc(C(F)F)cc1[N+](=O)[O-]. The van der Waals surface area contributed by atoms with E-state index in [0.717, 1.165) is 6.20 Å². The van der Waals surface area contributed by atoms with Gasteiger partial charge in [-0.15, -0.1) is 0 Å². The van der Waals surface area contributed by atoms with Crippen molar-refractivity contribution < 1.29 is 13.7 Å². The van der Waals surface area contributed by atoms with Gasteiger partial charge in [-0.05, 0) is 0 Å². The highest BCUT2D eigenvalue weighted by molar-refractivity contribution is 5.47. The minimum Gasteiger partial charge on any atom is -0.258 e. The third-order valence-corrected chi connectivity index (χ3v) is 1.44. The zero-order valence-electron chi connectivity index (χ0n) is 6.65. The molecule has 0 aliphatic heterocycles. The molecule has 0 saturated heterocycles. The maximum Gasteiger partial charge on any atom is 0.290 e. The van der Waals surface area contributed by atoms with E-state index in [4.69, 9.17) is 5.26 Å². The summed E-state index contributed by atoms with van der Waals surface area (Å²) < 4.78 is 24.2. The summed E-state index contributed by atoms with van der Waals surface area (Å²) in [5, 5.41) is 18.8. The van der Waals surface area contributed by atoms with Gasteiger partial charge in [-0.3, -0.25) is 15.1 Å². The van der Waals surface area contributed by atoms with Crippen LogP contribution in [0.5, 0.6) is 0 Å². The highest BCUT2D eigenvalue weighted by atomic mass is 19.3. The summed E-state index contributed by atoms with van der Waals surface area (Å²) in [6.45, 7) is 0. The van der Waals surface area contributed by atoms with Gasteiger partial charge in [0.2, 0.25) is 0 Å². The molecule has 0 N–H and O–H groups in total. The smallest absolute Gasteiger partial charge is 0.258 e. The standard InChI is InChI=1S/C7H3F2N3O2/c8-7(9)5-1-6(12(13)14)4(2-10)3-11-5/h1,3,7H. The van der Waals surface area contributed by atoms with Crippen LogP contribution in [0.1, 0.15) is 17.7 Å². The molecule has 0 aliphatic rings. The predicted molar refractivity (Wildman–Crippen MR) is 40.6 cm³/mol. The van der Waals surface area contributed by atoms with Crippen LogP contribution in [-0.2, 0) is 0 Å². The van der Waals surface area contributed by atoms with Crippen molar-refractivity contribution >= 4 is 5.69 Å². The van der Waals surface area contributed by atoms with Crippen LogP contribution in [0.3, 0.4) is 0 Å². The van der Waals surface area contributed by atoms with E-state index in [1.807, 2.05) is 0 Å². The largest absolute Gasteiger partial charge is 0.290 e. The topological polar surface area (TPSA) is 79.8 Å². The van der Waals surface area contributed by atoms with Gasteiger partial charge in [0.1, 0.15) is 17.3 Å². The van der Waals surface area contributed by atoms with Gasteiger partial charge in [-0.2, -0.15) is 5.26 Å². The number of aromatic nitrogens is 1. The van der Waals surface area contributed by atoms with Gasteiger partial charge in [0.15, 0.2) is 0 Å². The molecule has 0 aromatic carbocycles. The molecule has 14 heavy (non-hydrogen) atoms. The van der Waals surface area contributed by atoms with Crippen LogP contribution >= 0.6 is 0 Å². The van der Waals surface area contributed by atoms with Crippen molar-refractivity contribution in [2.24, 2.45) is 0 Å². The van der Waals surface area contributed by atoms with Crippen molar-refractivity contribution in [1.82, 2.24) is 4.98 Å². The fraction of sp³-hybridized carbons (Fsp3) is 0.143. The molecule has 0 unspecified atom stereocenters. The van der Waals surface area contributed by atoms with Crippen LogP contribution in [0.4, 0.5) is 14.5 Å². The number of nitriles is 1. The molecule has 5 nitrogen and oxygen atoms in total. The van der Waals surface area contributed by atoms with Crippen molar-refractivity contribution in [3.05, 3.63) is 33.6 Å². The van der Waals surface area contributed by atoms with Gasteiger partial charge in [0.05, 0.1) is 11.1 Å².